The van der Waals surface area contributed by atoms with Crippen LogP contribution in [0.15, 0.2) is 82.7 Å². The number of hydrogen-bond acceptors (Lipinski definition) is 7. The lowest BCUT2D eigenvalue weighted by molar-refractivity contribution is 0.102. The summed E-state index contributed by atoms with van der Waals surface area (Å²) in [7, 11) is -2.26. The molecule has 226 valence electrons. The fourth-order valence-corrected chi connectivity index (χ4v) is 6.33. The maximum Gasteiger partial charge on any atom is 0.272 e. The molecule has 0 unspecified atom stereocenters. The second-order valence-corrected chi connectivity index (χ2v) is 12.4. The predicted octanol–water partition coefficient (Wildman–Crippen LogP) is 4.26. The van der Waals surface area contributed by atoms with Crippen molar-refractivity contribution in [2.45, 2.75) is 9.79 Å². The van der Waals surface area contributed by atoms with Crippen molar-refractivity contribution in [1.29, 1.82) is 0 Å². The van der Waals surface area contributed by atoms with Crippen molar-refractivity contribution in [3.05, 3.63) is 95.8 Å². The zero-order chi connectivity index (χ0) is 31.0. The number of fused-ring (bicyclic) bond motifs is 1. The molecule has 44 heavy (non-hydrogen) atoms. The predicted molar refractivity (Wildman–Crippen MR) is 161 cm³/mol. The van der Waals surface area contributed by atoms with Gasteiger partial charge in [0.15, 0.2) is 5.82 Å². The van der Waals surface area contributed by atoms with Crippen LogP contribution in [0.5, 0.6) is 0 Å². The first kappa shape index (κ1) is 29.0. The van der Waals surface area contributed by atoms with Gasteiger partial charge < -0.3 is 25.4 Å². The zero-order valence-electron chi connectivity index (χ0n) is 23.4. The molecule has 0 radical (unpaired) electrons. The summed E-state index contributed by atoms with van der Waals surface area (Å²) < 4.78 is 53.9. The first-order valence-corrected chi connectivity index (χ1v) is 15.1. The monoisotopic (exact) mass is 619 g/mol. The molecule has 0 saturated carbocycles. The van der Waals surface area contributed by atoms with Gasteiger partial charge in [-0.15, -0.1) is 0 Å². The molecule has 2 aromatic heterocycles. The molecule has 0 aliphatic carbocycles. The van der Waals surface area contributed by atoms with Gasteiger partial charge in [-0.1, -0.05) is 0 Å². The lowest BCUT2D eigenvalue weighted by atomic mass is 10.1. The summed E-state index contributed by atoms with van der Waals surface area (Å²) in [6.45, 7) is 3.28. The fraction of sp³-hybridized carbons (Fsp3) is 0.167. The van der Waals surface area contributed by atoms with Crippen molar-refractivity contribution in [2.75, 3.05) is 48.8 Å². The minimum atomic E-state index is -4.30. The van der Waals surface area contributed by atoms with Crippen molar-refractivity contribution in [2.24, 2.45) is 0 Å². The summed E-state index contributed by atoms with van der Waals surface area (Å²) in [5.41, 5.74) is 1.99. The number of anilines is 3. The van der Waals surface area contributed by atoms with Crippen molar-refractivity contribution in [3.8, 4) is 0 Å². The van der Waals surface area contributed by atoms with Crippen molar-refractivity contribution in [1.82, 2.24) is 20.1 Å². The molecular weight excluding hydrogens is 592 g/mol. The van der Waals surface area contributed by atoms with Gasteiger partial charge in [-0.05, 0) is 67.7 Å². The van der Waals surface area contributed by atoms with E-state index < -0.39 is 38.2 Å². The molecule has 1 aliphatic rings. The van der Waals surface area contributed by atoms with Crippen LogP contribution in [0.4, 0.5) is 26.0 Å². The molecule has 0 bridgehead atoms. The van der Waals surface area contributed by atoms with Crippen LogP contribution in [0.25, 0.3) is 10.9 Å². The Morgan fingerprint density at radius 2 is 1.61 bits per heavy atom. The third-order valence-corrected chi connectivity index (χ3v) is 9.16. The maximum atomic E-state index is 13.8. The van der Waals surface area contributed by atoms with E-state index in [0.717, 1.165) is 44.0 Å². The number of likely N-dealkylation sites (N-methyl/N-ethyl adjacent to an activating group) is 1. The SMILES string of the molecule is CN1CCN(c2ccc(C(=O)Nc3n[nH]c4ccc(S(=O)(=O)c5cc(F)cc(F)c5)cc34)c(NC(=O)c3ccc[nH]3)c2)CC1. The number of aromatic amines is 2. The second-order valence-electron chi connectivity index (χ2n) is 10.4. The highest BCUT2D eigenvalue weighted by Crippen LogP contribution is 2.30. The van der Waals surface area contributed by atoms with E-state index in [0.29, 0.717) is 17.3 Å². The van der Waals surface area contributed by atoms with Crippen LogP contribution < -0.4 is 15.5 Å². The van der Waals surface area contributed by atoms with Crippen molar-refractivity contribution in [3.63, 3.8) is 0 Å². The number of nitrogens with zero attached hydrogens (tertiary/aromatic N) is 3. The van der Waals surface area contributed by atoms with Gasteiger partial charge in [0, 0.05) is 49.5 Å². The minimum Gasteiger partial charge on any atom is -0.369 e. The van der Waals surface area contributed by atoms with Gasteiger partial charge in [0.2, 0.25) is 9.84 Å². The largest absolute Gasteiger partial charge is 0.369 e. The third kappa shape index (κ3) is 5.76. The molecular formula is C30H27F2N7O4S. The number of hydrogen-bond donors (Lipinski definition) is 4. The Balaban J connectivity index is 1.32. The molecule has 6 rings (SSSR count). The lowest BCUT2D eigenvalue weighted by Gasteiger charge is -2.34. The highest BCUT2D eigenvalue weighted by molar-refractivity contribution is 7.91. The Bertz CT molecular complexity index is 1970. The van der Waals surface area contributed by atoms with Crippen LogP contribution in [0.2, 0.25) is 0 Å². The molecule has 5 aromatic rings. The third-order valence-electron chi connectivity index (χ3n) is 7.43. The Hall–Kier alpha value is -5.08. The van der Waals surface area contributed by atoms with Gasteiger partial charge in [-0.2, -0.15) is 5.10 Å². The number of amides is 2. The lowest BCUT2D eigenvalue weighted by Crippen LogP contribution is -2.44. The van der Waals surface area contributed by atoms with E-state index in [1.165, 1.54) is 18.2 Å². The molecule has 0 atom stereocenters. The van der Waals surface area contributed by atoms with Crippen molar-refractivity contribution < 1.29 is 26.8 Å². The van der Waals surface area contributed by atoms with Gasteiger partial charge in [-0.25, -0.2) is 17.2 Å². The summed E-state index contributed by atoms with van der Waals surface area (Å²) >= 11 is 0. The van der Waals surface area contributed by atoms with Gasteiger partial charge in [-0.3, -0.25) is 14.7 Å². The first-order valence-electron chi connectivity index (χ1n) is 13.6. The zero-order valence-corrected chi connectivity index (χ0v) is 24.2. The van der Waals surface area contributed by atoms with Crippen LogP contribution in [0.3, 0.4) is 0 Å². The summed E-state index contributed by atoms with van der Waals surface area (Å²) in [6, 6.07) is 14.5. The van der Waals surface area contributed by atoms with E-state index in [2.05, 4.69) is 35.6 Å². The topological polar surface area (TPSA) is 143 Å². The van der Waals surface area contributed by atoms with Gasteiger partial charge in [0.25, 0.3) is 11.8 Å². The number of rotatable bonds is 7. The average Bonchev–Trinajstić information content (AvgIpc) is 3.68. The molecule has 1 aliphatic heterocycles. The number of H-pyrrole nitrogens is 2. The number of nitrogens with one attached hydrogen (secondary N) is 4. The fourth-order valence-electron chi connectivity index (χ4n) is 5.01. The maximum absolute atomic E-state index is 13.8. The number of piperazine rings is 1. The molecule has 1 saturated heterocycles. The van der Waals surface area contributed by atoms with Crippen LogP contribution in [0.1, 0.15) is 20.8 Å². The number of halogens is 2. The van der Waals surface area contributed by atoms with Crippen LogP contribution in [-0.4, -0.2) is 73.5 Å². The standard InChI is InChI=1S/C30H27F2N7O4S/c1-38-9-11-39(12-10-38)20-4-6-23(27(16-20)34-30(41)26-3-2-8-33-26)29(40)35-28-24-17-21(5-7-25(24)36-37-28)44(42,43)22-14-18(31)13-19(32)15-22/h2-8,13-17,33H,9-12H2,1H3,(H,34,41)(H2,35,36,37,40). The van der Waals surface area contributed by atoms with E-state index in [-0.39, 0.29) is 27.4 Å². The number of carbonyl (C=O) groups is 2. The highest BCUT2D eigenvalue weighted by atomic mass is 32.2. The van der Waals surface area contributed by atoms with Crippen molar-refractivity contribution >= 4 is 49.7 Å². The Kier molecular flexibility index (Phi) is 7.61. The molecule has 3 aromatic carbocycles. The molecule has 1 fully saturated rings. The summed E-state index contributed by atoms with van der Waals surface area (Å²) in [4.78, 5) is 33.0. The van der Waals surface area contributed by atoms with Gasteiger partial charge in [0.1, 0.15) is 17.3 Å². The molecule has 3 heterocycles. The van der Waals surface area contributed by atoms with E-state index in [4.69, 9.17) is 0 Å². The average molecular weight is 620 g/mol. The number of carbonyl (C=O) groups excluding carboxylic acids is 2. The first-order chi connectivity index (χ1) is 21.1. The quantitative estimate of drug-likeness (QED) is 0.213. The van der Waals surface area contributed by atoms with E-state index in [9.17, 15) is 26.8 Å². The highest BCUT2D eigenvalue weighted by Gasteiger charge is 2.23. The molecule has 11 nitrogen and oxygen atoms in total. The smallest absolute Gasteiger partial charge is 0.272 e. The minimum absolute atomic E-state index is 0.0252. The molecule has 2 amide bonds. The second kappa shape index (κ2) is 11.5. The molecule has 14 heteroatoms. The summed E-state index contributed by atoms with van der Waals surface area (Å²) in [6.07, 6.45) is 1.62. The van der Waals surface area contributed by atoms with Crippen LogP contribution in [-0.2, 0) is 9.84 Å². The Morgan fingerprint density at radius 3 is 2.32 bits per heavy atom. The summed E-state index contributed by atoms with van der Waals surface area (Å²) in [5.74, 6) is -3.08. The number of aromatic nitrogens is 3. The number of sulfone groups is 1. The van der Waals surface area contributed by atoms with Gasteiger partial charge in [0.05, 0.1) is 26.6 Å². The Morgan fingerprint density at radius 1 is 0.864 bits per heavy atom. The Labute approximate surface area is 250 Å². The van der Waals surface area contributed by atoms with E-state index in [1.807, 2.05) is 7.05 Å². The van der Waals surface area contributed by atoms with Crippen LogP contribution >= 0.6 is 0 Å². The van der Waals surface area contributed by atoms with Gasteiger partial charge >= 0.3 is 0 Å². The molecule has 4 N–H and O–H groups in total. The van der Waals surface area contributed by atoms with E-state index in [1.54, 1.807) is 36.5 Å². The molecule has 0 spiro atoms. The summed E-state index contributed by atoms with van der Waals surface area (Å²) in [5, 5.41) is 12.6. The normalized spacial score (nSPS) is 14.1. The van der Waals surface area contributed by atoms with E-state index >= 15 is 0 Å². The number of benzene rings is 3. The van der Waals surface area contributed by atoms with Crippen LogP contribution in [0, 0.1) is 11.6 Å².